The minimum Gasteiger partial charge on any atom is -0.371 e. The van der Waals surface area contributed by atoms with Gasteiger partial charge in [-0.25, -0.2) is 22.9 Å². The second kappa shape index (κ2) is 9.74. The molecule has 13 heteroatoms. The molecule has 36 heavy (non-hydrogen) atoms. The molecular formula is C23H19Cl2N5O4S2. The number of sulfonamides is 1. The third-order valence-electron chi connectivity index (χ3n) is 5.72. The lowest BCUT2D eigenvalue weighted by Gasteiger charge is -2.18. The van der Waals surface area contributed by atoms with Crippen molar-refractivity contribution in [1.82, 2.24) is 14.3 Å². The van der Waals surface area contributed by atoms with E-state index in [0.717, 1.165) is 43.0 Å². The van der Waals surface area contributed by atoms with Gasteiger partial charge in [0.05, 0.1) is 25.9 Å². The molecule has 2 aromatic heterocycles. The van der Waals surface area contributed by atoms with Gasteiger partial charge < -0.3 is 10.2 Å². The van der Waals surface area contributed by atoms with Crippen LogP contribution in [-0.2, 0) is 10.0 Å². The first-order chi connectivity index (χ1) is 17.2. The van der Waals surface area contributed by atoms with Gasteiger partial charge in [0.2, 0.25) is 0 Å². The van der Waals surface area contributed by atoms with Crippen LogP contribution in [0.5, 0.6) is 0 Å². The molecule has 1 saturated heterocycles. The van der Waals surface area contributed by atoms with Crippen LogP contribution in [0.3, 0.4) is 0 Å². The van der Waals surface area contributed by atoms with Gasteiger partial charge in [0.15, 0.2) is 0 Å². The molecule has 0 aliphatic carbocycles. The lowest BCUT2D eigenvalue weighted by atomic mass is 10.2. The third-order valence-corrected chi connectivity index (χ3v) is 9.08. The Morgan fingerprint density at radius 3 is 2.50 bits per heavy atom. The number of rotatable bonds is 5. The Balaban J connectivity index is 1.36. The number of amides is 2. The molecule has 4 aromatic rings. The predicted octanol–water partition coefficient (Wildman–Crippen LogP) is 4.86. The average molecular weight is 564 g/mol. The summed E-state index contributed by atoms with van der Waals surface area (Å²) in [5.74, 6) is 0. The molecule has 0 saturated carbocycles. The summed E-state index contributed by atoms with van der Waals surface area (Å²) in [5, 5.41) is 3.04. The van der Waals surface area contributed by atoms with E-state index in [-0.39, 0.29) is 24.8 Å². The van der Waals surface area contributed by atoms with Gasteiger partial charge in [0.1, 0.15) is 10.5 Å². The number of nitrogens with one attached hydrogen (secondary N) is 2. The molecule has 2 aromatic carbocycles. The molecule has 3 heterocycles. The zero-order valence-corrected chi connectivity index (χ0v) is 21.7. The number of halogens is 2. The highest BCUT2D eigenvalue weighted by Gasteiger charge is 2.20. The number of fused-ring (bicyclic) bond motifs is 1. The second-order valence-corrected chi connectivity index (χ2v) is 12.1. The largest absolute Gasteiger partial charge is 0.371 e. The van der Waals surface area contributed by atoms with Crippen LogP contribution in [0.25, 0.3) is 16.6 Å². The van der Waals surface area contributed by atoms with Crippen LogP contribution in [0.4, 0.5) is 16.2 Å². The molecule has 0 atom stereocenters. The second-order valence-electron chi connectivity index (χ2n) is 8.10. The zero-order valence-electron chi connectivity index (χ0n) is 18.6. The van der Waals surface area contributed by atoms with Crippen LogP contribution in [0.15, 0.2) is 63.9 Å². The molecular weight excluding hydrogens is 545 g/mol. The highest BCUT2D eigenvalue weighted by molar-refractivity contribution is 7.92. The average Bonchev–Trinajstić information content (AvgIpc) is 3.52. The molecule has 0 spiro atoms. The fourth-order valence-electron chi connectivity index (χ4n) is 4.00. The molecule has 0 unspecified atom stereocenters. The maximum Gasteiger partial charge on any atom is 0.333 e. The number of nitrogens with zero attached hydrogens (tertiary/aromatic N) is 3. The Bertz CT molecular complexity index is 1650. The minimum absolute atomic E-state index is 0.0910. The van der Waals surface area contributed by atoms with Crippen LogP contribution in [0.1, 0.15) is 12.8 Å². The number of carbonyl (C=O) groups is 1. The van der Waals surface area contributed by atoms with Crippen LogP contribution >= 0.6 is 34.5 Å². The Morgan fingerprint density at radius 1 is 1.03 bits per heavy atom. The monoisotopic (exact) mass is 563 g/mol. The fraction of sp³-hybridized carbons (Fsp3) is 0.174. The normalized spacial score (nSPS) is 13.8. The van der Waals surface area contributed by atoms with E-state index in [1.165, 1.54) is 35.2 Å². The van der Waals surface area contributed by atoms with E-state index in [0.29, 0.717) is 16.6 Å². The fourth-order valence-corrected chi connectivity index (χ4v) is 6.67. The number of benzene rings is 2. The lowest BCUT2D eigenvalue weighted by molar-refractivity contribution is 0.256. The SMILES string of the molecule is O=C(Nc1ccc(-n2cnc3cc(N4CCCC4)ccc3c2=O)c(Cl)c1)NS(=O)(=O)c1ccc(Cl)s1. The molecule has 186 valence electrons. The van der Waals surface area contributed by atoms with Gasteiger partial charge in [0.25, 0.3) is 15.6 Å². The number of carbonyl (C=O) groups excluding carboxylic acids is 1. The third kappa shape index (κ3) is 4.92. The van der Waals surface area contributed by atoms with Crippen LogP contribution in [-0.4, -0.2) is 37.1 Å². The standard InChI is InChI=1S/C23H19Cl2N5O4S2/c24-17-11-14(27-23(32)28-36(33,34)21-8-7-20(25)35-21)3-6-19(17)30-13-26-18-12-15(29-9-1-2-10-29)4-5-16(18)22(30)31/h3-8,11-13H,1-2,9-10H2,(H2,27,28,32). The zero-order chi connectivity index (χ0) is 25.4. The van der Waals surface area contributed by atoms with Crippen LogP contribution in [0, 0.1) is 0 Å². The lowest BCUT2D eigenvalue weighted by Crippen LogP contribution is -2.33. The van der Waals surface area contributed by atoms with E-state index in [4.69, 9.17) is 23.2 Å². The summed E-state index contributed by atoms with van der Waals surface area (Å²) < 4.78 is 28.0. The topological polar surface area (TPSA) is 113 Å². The van der Waals surface area contributed by atoms with Gasteiger partial charge in [-0.05, 0) is 61.4 Å². The molecule has 0 radical (unpaired) electrons. The van der Waals surface area contributed by atoms with Crippen molar-refractivity contribution in [3.63, 3.8) is 0 Å². The number of hydrogen-bond acceptors (Lipinski definition) is 7. The molecule has 2 amide bonds. The van der Waals surface area contributed by atoms with Gasteiger partial charge in [-0.15, -0.1) is 11.3 Å². The first-order valence-electron chi connectivity index (χ1n) is 10.9. The summed E-state index contributed by atoms with van der Waals surface area (Å²) >= 11 is 13.0. The van der Waals surface area contributed by atoms with Crippen molar-refractivity contribution in [2.75, 3.05) is 23.3 Å². The number of hydrogen-bond donors (Lipinski definition) is 2. The van der Waals surface area contributed by atoms with Gasteiger partial charge in [-0.3, -0.25) is 9.36 Å². The van der Waals surface area contributed by atoms with E-state index in [1.807, 2.05) is 16.9 Å². The minimum atomic E-state index is -4.07. The molecule has 0 bridgehead atoms. The molecule has 9 nitrogen and oxygen atoms in total. The highest BCUT2D eigenvalue weighted by atomic mass is 35.5. The number of urea groups is 1. The summed E-state index contributed by atoms with van der Waals surface area (Å²) in [6.07, 6.45) is 3.72. The van der Waals surface area contributed by atoms with Crippen molar-refractivity contribution in [3.05, 3.63) is 74.6 Å². The quantitative estimate of drug-likeness (QED) is 0.358. The van der Waals surface area contributed by atoms with Gasteiger partial charge >= 0.3 is 6.03 Å². The van der Waals surface area contributed by atoms with Gasteiger partial charge in [-0.2, -0.15) is 0 Å². The smallest absolute Gasteiger partial charge is 0.333 e. The predicted molar refractivity (Wildman–Crippen MR) is 142 cm³/mol. The Kier molecular flexibility index (Phi) is 6.64. The summed E-state index contributed by atoms with van der Waals surface area (Å²) in [6, 6.07) is 11.8. The first kappa shape index (κ1) is 24.6. The van der Waals surface area contributed by atoms with E-state index in [1.54, 1.807) is 12.1 Å². The van der Waals surface area contributed by atoms with E-state index >= 15 is 0 Å². The van der Waals surface area contributed by atoms with Crippen molar-refractivity contribution < 1.29 is 13.2 Å². The van der Waals surface area contributed by atoms with Gasteiger partial charge in [-0.1, -0.05) is 23.2 Å². The van der Waals surface area contributed by atoms with E-state index in [9.17, 15) is 18.0 Å². The van der Waals surface area contributed by atoms with Crippen LogP contribution < -0.4 is 20.5 Å². The van der Waals surface area contributed by atoms with Gasteiger partial charge in [0, 0.05) is 24.5 Å². The molecule has 1 aliphatic heterocycles. The summed E-state index contributed by atoms with van der Waals surface area (Å²) in [4.78, 5) is 32.1. The maximum absolute atomic E-state index is 13.2. The summed E-state index contributed by atoms with van der Waals surface area (Å²) in [5.41, 5.74) is 1.96. The van der Waals surface area contributed by atoms with Crippen molar-refractivity contribution >= 4 is 72.9 Å². The Labute approximate surface area is 220 Å². The Morgan fingerprint density at radius 2 is 1.81 bits per heavy atom. The van der Waals surface area contributed by atoms with Crippen molar-refractivity contribution in [2.24, 2.45) is 0 Å². The van der Waals surface area contributed by atoms with Crippen LogP contribution in [0.2, 0.25) is 9.36 Å². The van der Waals surface area contributed by atoms with Crippen molar-refractivity contribution in [2.45, 2.75) is 17.1 Å². The molecule has 1 aliphatic rings. The maximum atomic E-state index is 13.2. The number of anilines is 2. The molecule has 1 fully saturated rings. The van der Waals surface area contributed by atoms with E-state index < -0.39 is 16.1 Å². The number of thiophene rings is 1. The number of aromatic nitrogens is 2. The summed E-state index contributed by atoms with van der Waals surface area (Å²) in [7, 11) is -4.07. The van der Waals surface area contributed by atoms with Crippen molar-refractivity contribution in [3.8, 4) is 5.69 Å². The highest BCUT2D eigenvalue weighted by Crippen LogP contribution is 2.27. The molecule has 5 rings (SSSR count). The molecule has 2 N–H and O–H groups in total. The van der Waals surface area contributed by atoms with E-state index in [2.05, 4.69) is 15.2 Å². The first-order valence-corrected chi connectivity index (χ1v) is 13.9. The van der Waals surface area contributed by atoms with Crippen molar-refractivity contribution in [1.29, 1.82) is 0 Å². The summed E-state index contributed by atoms with van der Waals surface area (Å²) in [6.45, 7) is 1.98. The Hall–Kier alpha value is -3.12.